The summed E-state index contributed by atoms with van der Waals surface area (Å²) in [7, 11) is 1.84. The normalized spacial score (nSPS) is 17.9. The van der Waals surface area contributed by atoms with Crippen molar-refractivity contribution in [3.63, 3.8) is 0 Å². The van der Waals surface area contributed by atoms with Crippen molar-refractivity contribution in [2.24, 2.45) is 0 Å². The number of carbonyl (C=O) groups is 1. The molecule has 1 saturated heterocycles. The number of likely N-dealkylation sites (N-methyl/N-ethyl adjacent to an activating group) is 1. The van der Waals surface area contributed by atoms with Crippen molar-refractivity contribution in [2.45, 2.75) is 12.5 Å². The highest BCUT2D eigenvalue weighted by Crippen LogP contribution is 2.21. The van der Waals surface area contributed by atoms with Crippen molar-refractivity contribution in [3.05, 3.63) is 41.0 Å². The van der Waals surface area contributed by atoms with E-state index in [-0.39, 0.29) is 11.9 Å². The Morgan fingerprint density at radius 3 is 2.81 bits per heavy atom. The van der Waals surface area contributed by atoms with Gasteiger partial charge < -0.3 is 10.2 Å². The lowest BCUT2D eigenvalue weighted by Gasteiger charge is -2.22. The minimum atomic E-state index is -0.0311. The van der Waals surface area contributed by atoms with Crippen molar-refractivity contribution in [2.75, 3.05) is 20.1 Å². The first kappa shape index (κ1) is 14.1. The van der Waals surface area contributed by atoms with Crippen molar-refractivity contribution >= 4 is 17.5 Å². The van der Waals surface area contributed by atoms with Crippen LogP contribution in [0.5, 0.6) is 0 Å². The molecule has 3 rings (SSSR count). The van der Waals surface area contributed by atoms with Crippen LogP contribution in [0.25, 0.3) is 11.3 Å². The lowest BCUT2D eigenvalue weighted by Crippen LogP contribution is -2.38. The van der Waals surface area contributed by atoms with Crippen molar-refractivity contribution in [1.82, 2.24) is 20.4 Å². The van der Waals surface area contributed by atoms with Gasteiger partial charge in [0.15, 0.2) is 0 Å². The lowest BCUT2D eigenvalue weighted by atomic mass is 10.1. The second-order valence-corrected chi connectivity index (χ2v) is 5.67. The van der Waals surface area contributed by atoms with E-state index in [1.165, 1.54) is 0 Å². The third-order valence-corrected chi connectivity index (χ3v) is 4.10. The molecule has 1 aromatic carbocycles. The molecule has 0 radical (unpaired) electrons. The maximum absolute atomic E-state index is 12.4. The molecule has 1 fully saturated rings. The summed E-state index contributed by atoms with van der Waals surface area (Å²) in [5.74, 6) is -0.0311. The highest BCUT2D eigenvalue weighted by atomic mass is 35.5. The SMILES string of the molecule is CN(C(=O)c1cc(-c2ccc(Cl)cc2)n[nH]1)C1CCNC1. The summed E-state index contributed by atoms with van der Waals surface area (Å²) in [4.78, 5) is 14.2. The predicted octanol–water partition coefficient (Wildman–Crippen LogP) is 2.16. The monoisotopic (exact) mass is 304 g/mol. The number of rotatable bonds is 3. The highest BCUT2D eigenvalue weighted by molar-refractivity contribution is 6.30. The number of nitrogens with zero attached hydrogens (tertiary/aromatic N) is 2. The van der Waals surface area contributed by atoms with Crippen LogP contribution in [0, 0.1) is 0 Å². The van der Waals surface area contributed by atoms with Crippen LogP contribution in [-0.4, -0.2) is 47.2 Å². The molecule has 0 aliphatic carbocycles. The summed E-state index contributed by atoms with van der Waals surface area (Å²) in [5, 5.41) is 11.0. The maximum atomic E-state index is 12.4. The van der Waals surface area contributed by atoms with Gasteiger partial charge in [-0.2, -0.15) is 5.10 Å². The van der Waals surface area contributed by atoms with E-state index >= 15 is 0 Å². The Morgan fingerprint density at radius 2 is 2.14 bits per heavy atom. The van der Waals surface area contributed by atoms with Crippen LogP contribution >= 0.6 is 11.6 Å². The van der Waals surface area contributed by atoms with Gasteiger partial charge in [-0.05, 0) is 31.2 Å². The largest absolute Gasteiger partial charge is 0.336 e. The van der Waals surface area contributed by atoms with Gasteiger partial charge in [-0.25, -0.2) is 0 Å². The zero-order valence-electron chi connectivity index (χ0n) is 11.8. The van der Waals surface area contributed by atoms with Crippen molar-refractivity contribution in [3.8, 4) is 11.3 Å². The molecule has 1 amide bonds. The Bertz CT molecular complexity index is 631. The van der Waals surface area contributed by atoms with E-state index in [4.69, 9.17) is 11.6 Å². The third-order valence-electron chi connectivity index (χ3n) is 3.85. The van der Waals surface area contributed by atoms with E-state index in [0.717, 1.165) is 30.8 Å². The number of hydrogen-bond donors (Lipinski definition) is 2. The van der Waals surface area contributed by atoms with E-state index in [9.17, 15) is 4.79 Å². The molecule has 2 heterocycles. The Labute approximate surface area is 128 Å². The van der Waals surface area contributed by atoms with E-state index in [1.54, 1.807) is 11.0 Å². The summed E-state index contributed by atoms with van der Waals surface area (Å²) in [6.07, 6.45) is 0.987. The fourth-order valence-corrected chi connectivity index (χ4v) is 2.65. The number of halogens is 1. The van der Waals surface area contributed by atoms with E-state index < -0.39 is 0 Å². The van der Waals surface area contributed by atoms with Gasteiger partial charge in [0.05, 0.1) is 5.69 Å². The average Bonchev–Trinajstić information content (AvgIpc) is 3.18. The van der Waals surface area contributed by atoms with Crippen LogP contribution in [0.15, 0.2) is 30.3 Å². The zero-order valence-corrected chi connectivity index (χ0v) is 12.5. The molecule has 1 atom stereocenters. The van der Waals surface area contributed by atoms with Gasteiger partial charge in [0.25, 0.3) is 5.91 Å². The Kier molecular flexibility index (Phi) is 3.94. The molecule has 6 heteroatoms. The molecule has 0 bridgehead atoms. The second-order valence-electron chi connectivity index (χ2n) is 5.24. The third kappa shape index (κ3) is 2.94. The van der Waals surface area contributed by atoms with Crippen LogP contribution < -0.4 is 5.32 Å². The van der Waals surface area contributed by atoms with Crippen LogP contribution in [-0.2, 0) is 0 Å². The Hall–Kier alpha value is -1.85. The maximum Gasteiger partial charge on any atom is 0.271 e. The topological polar surface area (TPSA) is 61.0 Å². The van der Waals surface area contributed by atoms with Gasteiger partial charge >= 0.3 is 0 Å². The number of benzene rings is 1. The number of carbonyl (C=O) groups excluding carboxylic acids is 1. The van der Waals surface area contributed by atoms with Gasteiger partial charge in [-0.3, -0.25) is 9.89 Å². The van der Waals surface area contributed by atoms with Gasteiger partial charge in [-0.1, -0.05) is 23.7 Å². The van der Waals surface area contributed by atoms with Gasteiger partial charge in [0.1, 0.15) is 5.69 Å². The summed E-state index contributed by atoms with van der Waals surface area (Å²) in [5.41, 5.74) is 2.18. The van der Waals surface area contributed by atoms with Crippen LogP contribution in [0.4, 0.5) is 0 Å². The zero-order chi connectivity index (χ0) is 14.8. The molecule has 5 nitrogen and oxygen atoms in total. The molecule has 0 spiro atoms. The first-order valence-corrected chi connectivity index (χ1v) is 7.32. The predicted molar refractivity (Wildman–Crippen MR) is 82.4 cm³/mol. The first-order valence-electron chi connectivity index (χ1n) is 6.94. The van der Waals surface area contributed by atoms with E-state index in [2.05, 4.69) is 15.5 Å². The minimum absolute atomic E-state index is 0.0311. The first-order chi connectivity index (χ1) is 10.1. The summed E-state index contributed by atoms with van der Waals surface area (Å²) in [6, 6.07) is 9.42. The fourth-order valence-electron chi connectivity index (χ4n) is 2.53. The standard InChI is InChI=1S/C15H17ClN4O/c1-20(12-6-7-17-9-12)15(21)14-8-13(18-19-14)10-2-4-11(16)5-3-10/h2-5,8,12,17H,6-7,9H2,1H3,(H,18,19). The van der Waals surface area contributed by atoms with Gasteiger partial charge in [-0.15, -0.1) is 0 Å². The number of nitrogens with one attached hydrogen (secondary N) is 2. The molecule has 1 aromatic heterocycles. The summed E-state index contributed by atoms with van der Waals surface area (Å²) >= 11 is 5.87. The number of H-pyrrole nitrogens is 1. The average molecular weight is 305 g/mol. The number of aromatic amines is 1. The van der Waals surface area contributed by atoms with Crippen LogP contribution in [0.3, 0.4) is 0 Å². The lowest BCUT2D eigenvalue weighted by molar-refractivity contribution is 0.0738. The molecule has 1 unspecified atom stereocenters. The molecular weight excluding hydrogens is 288 g/mol. The van der Waals surface area contributed by atoms with E-state index in [1.807, 2.05) is 31.3 Å². The Balaban J connectivity index is 1.77. The van der Waals surface area contributed by atoms with Gasteiger partial charge in [0.2, 0.25) is 0 Å². The smallest absolute Gasteiger partial charge is 0.271 e. The van der Waals surface area contributed by atoms with Gasteiger partial charge in [0, 0.05) is 30.2 Å². The molecule has 2 N–H and O–H groups in total. The molecule has 1 aliphatic rings. The summed E-state index contributed by atoms with van der Waals surface area (Å²) < 4.78 is 0. The Morgan fingerprint density at radius 1 is 1.38 bits per heavy atom. The van der Waals surface area contributed by atoms with Crippen molar-refractivity contribution < 1.29 is 4.79 Å². The number of hydrogen-bond acceptors (Lipinski definition) is 3. The highest BCUT2D eigenvalue weighted by Gasteiger charge is 2.25. The molecule has 110 valence electrons. The molecule has 0 saturated carbocycles. The molecule has 2 aromatic rings. The second kappa shape index (κ2) is 5.87. The van der Waals surface area contributed by atoms with E-state index in [0.29, 0.717) is 10.7 Å². The fraction of sp³-hybridized carbons (Fsp3) is 0.333. The van der Waals surface area contributed by atoms with Crippen molar-refractivity contribution in [1.29, 1.82) is 0 Å². The number of amides is 1. The summed E-state index contributed by atoms with van der Waals surface area (Å²) in [6.45, 7) is 1.81. The van der Waals surface area contributed by atoms with Crippen LogP contribution in [0.1, 0.15) is 16.9 Å². The van der Waals surface area contributed by atoms with Crippen LogP contribution in [0.2, 0.25) is 5.02 Å². The molecular formula is C15H17ClN4O. The minimum Gasteiger partial charge on any atom is -0.336 e. The molecule has 21 heavy (non-hydrogen) atoms. The molecule has 1 aliphatic heterocycles. The quantitative estimate of drug-likeness (QED) is 0.913. The number of aromatic nitrogens is 2.